The fraction of sp³-hybridized carbons (Fsp3) is 0.154. The lowest BCUT2D eigenvalue weighted by molar-refractivity contribution is 0.589. The zero-order valence-electron chi connectivity index (χ0n) is 8.80. The predicted octanol–water partition coefficient (Wildman–Crippen LogP) is 3.39. The molecule has 0 aliphatic heterocycles. The highest BCUT2D eigenvalue weighted by Crippen LogP contribution is 2.25. The third-order valence-corrected chi connectivity index (χ3v) is 2.32. The van der Waals surface area contributed by atoms with Crippen molar-refractivity contribution < 1.29 is 8.78 Å². The Hall–Kier alpha value is -1.77. The van der Waals surface area contributed by atoms with E-state index in [4.69, 9.17) is 0 Å². The van der Waals surface area contributed by atoms with E-state index in [2.05, 4.69) is 11.1 Å². The van der Waals surface area contributed by atoms with Crippen molar-refractivity contribution in [1.82, 2.24) is 4.98 Å². The fourth-order valence-corrected chi connectivity index (χ4v) is 1.51. The van der Waals surface area contributed by atoms with E-state index < -0.39 is 11.6 Å². The Morgan fingerprint density at radius 2 is 1.88 bits per heavy atom. The molecule has 16 heavy (non-hydrogen) atoms. The van der Waals surface area contributed by atoms with Gasteiger partial charge in [0.25, 0.3) is 0 Å². The van der Waals surface area contributed by atoms with E-state index in [1.807, 2.05) is 6.92 Å². The van der Waals surface area contributed by atoms with Gasteiger partial charge in [0.2, 0.25) is 0 Å². The van der Waals surface area contributed by atoms with Crippen LogP contribution in [0.5, 0.6) is 0 Å². The number of hydrogen-bond acceptors (Lipinski definition) is 1. The standard InChI is InChI=1S/C13H10F2N/c1-2-10-8-9(6-7-16-10)13-11(14)4-3-5-12(13)15/h3-7H,2H2,1H3. The Balaban J connectivity index is 2.58. The van der Waals surface area contributed by atoms with Gasteiger partial charge in [0.05, 0.1) is 5.56 Å². The molecule has 0 atom stereocenters. The van der Waals surface area contributed by atoms with Crippen molar-refractivity contribution in [1.29, 1.82) is 0 Å². The first-order chi connectivity index (χ1) is 7.72. The van der Waals surface area contributed by atoms with Crippen molar-refractivity contribution in [2.24, 2.45) is 0 Å². The van der Waals surface area contributed by atoms with Crippen LogP contribution < -0.4 is 0 Å². The number of nitrogens with zero attached hydrogens (tertiary/aromatic N) is 1. The number of pyridine rings is 1. The zero-order chi connectivity index (χ0) is 11.5. The molecule has 0 unspecified atom stereocenters. The van der Waals surface area contributed by atoms with Crippen LogP contribution in [-0.2, 0) is 6.42 Å². The van der Waals surface area contributed by atoms with Crippen LogP contribution >= 0.6 is 0 Å². The summed E-state index contributed by atoms with van der Waals surface area (Å²) in [5.74, 6) is -1.16. The average Bonchev–Trinajstić information content (AvgIpc) is 2.29. The second kappa shape index (κ2) is 4.39. The van der Waals surface area contributed by atoms with Crippen LogP contribution in [0.2, 0.25) is 0 Å². The summed E-state index contributed by atoms with van der Waals surface area (Å²) in [4.78, 5) is 4.04. The third kappa shape index (κ3) is 1.94. The van der Waals surface area contributed by atoms with Crippen molar-refractivity contribution in [3.8, 4) is 11.1 Å². The molecule has 1 radical (unpaired) electrons. The molecule has 0 aliphatic rings. The van der Waals surface area contributed by atoms with Gasteiger partial charge in [-0.05, 0) is 30.2 Å². The quantitative estimate of drug-likeness (QED) is 0.752. The van der Waals surface area contributed by atoms with Gasteiger partial charge in [-0.2, -0.15) is 0 Å². The summed E-state index contributed by atoms with van der Waals surface area (Å²) in [7, 11) is 0. The Morgan fingerprint density at radius 3 is 2.50 bits per heavy atom. The summed E-state index contributed by atoms with van der Waals surface area (Å²) >= 11 is 0. The molecule has 0 spiro atoms. The van der Waals surface area contributed by atoms with Gasteiger partial charge in [0.1, 0.15) is 11.6 Å². The Kier molecular flexibility index (Phi) is 2.95. The summed E-state index contributed by atoms with van der Waals surface area (Å²) in [5.41, 5.74) is 1.06. The molecule has 0 amide bonds. The summed E-state index contributed by atoms with van der Waals surface area (Å²) in [6.07, 6.45) is 2.22. The summed E-state index contributed by atoms with van der Waals surface area (Å²) < 4.78 is 27.0. The van der Waals surface area contributed by atoms with Crippen molar-refractivity contribution in [2.75, 3.05) is 0 Å². The summed E-state index contributed by atoms with van der Waals surface area (Å²) in [5, 5.41) is 0. The molecule has 1 nitrogen and oxygen atoms in total. The lowest BCUT2D eigenvalue weighted by atomic mass is 10.0. The number of hydrogen-bond donors (Lipinski definition) is 0. The first-order valence-corrected chi connectivity index (χ1v) is 5.04. The Bertz CT molecular complexity index is 489. The molecule has 81 valence electrons. The Labute approximate surface area is 92.8 Å². The minimum atomic E-state index is -0.579. The van der Waals surface area contributed by atoms with Crippen molar-refractivity contribution in [3.63, 3.8) is 0 Å². The minimum absolute atomic E-state index is 0.0420. The second-order valence-electron chi connectivity index (χ2n) is 3.38. The SMILES string of the molecule is CCc1[c]c(-c2c(F)cccc2F)ccn1. The first kappa shape index (κ1) is 10.7. The smallest absolute Gasteiger partial charge is 0.133 e. The molecule has 0 fully saturated rings. The number of halogens is 2. The fourth-order valence-electron chi connectivity index (χ4n) is 1.51. The van der Waals surface area contributed by atoms with Gasteiger partial charge in [-0.3, -0.25) is 4.98 Å². The van der Waals surface area contributed by atoms with Gasteiger partial charge in [-0.1, -0.05) is 13.0 Å². The van der Waals surface area contributed by atoms with Crippen LogP contribution in [0, 0.1) is 17.7 Å². The molecule has 1 aromatic carbocycles. The molecule has 3 heteroatoms. The second-order valence-corrected chi connectivity index (χ2v) is 3.38. The minimum Gasteiger partial charge on any atom is -0.261 e. The molecule has 0 bridgehead atoms. The van der Waals surface area contributed by atoms with E-state index in [1.54, 1.807) is 6.07 Å². The highest BCUT2D eigenvalue weighted by atomic mass is 19.1. The number of aryl methyl sites for hydroxylation is 1. The van der Waals surface area contributed by atoms with E-state index in [0.29, 0.717) is 17.7 Å². The maximum Gasteiger partial charge on any atom is 0.133 e. The van der Waals surface area contributed by atoms with Gasteiger partial charge in [0.15, 0.2) is 0 Å². The molecule has 2 aromatic rings. The Morgan fingerprint density at radius 1 is 1.19 bits per heavy atom. The molecule has 2 rings (SSSR count). The van der Waals surface area contributed by atoms with Gasteiger partial charge < -0.3 is 0 Å². The first-order valence-electron chi connectivity index (χ1n) is 5.04. The summed E-state index contributed by atoms with van der Waals surface area (Å²) in [6.45, 7) is 1.92. The van der Waals surface area contributed by atoms with Crippen molar-refractivity contribution in [3.05, 3.63) is 53.9 Å². The van der Waals surface area contributed by atoms with E-state index >= 15 is 0 Å². The van der Waals surface area contributed by atoms with Crippen LogP contribution in [0.4, 0.5) is 8.78 Å². The average molecular weight is 218 g/mol. The van der Waals surface area contributed by atoms with Crippen LogP contribution in [0.1, 0.15) is 12.6 Å². The lowest BCUT2D eigenvalue weighted by Gasteiger charge is -2.05. The number of benzene rings is 1. The molecule has 1 aromatic heterocycles. The molecule has 1 heterocycles. The van der Waals surface area contributed by atoms with Crippen LogP contribution in [0.25, 0.3) is 11.1 Å². The van der Waals surface area contributed by atoms with Gasteiger partial charge >= 0.3 is 0 Å². The molecular formula is C13H10F2N. The van der Waals surface area contributed by atoms with Crippen LogP contribution in [0.3, 0.4) is 0 Å². The largest absolute Gasteiger partial charge is 0.261 e. The highest BCUT2D eigenvalue weighted by molar-refractivity contribution is 5.64. The van der Waals surface area contributed by atoms with Crippen LogP contribution in [0.15, 0.2) is 30.5 Å². The maximum atomic E-state index is 13.5. The van der Waals surface area contributed by atoms with E-state index in [-0.39, 0.29) is 5.56 Å². The topological polar surface area (TPSA) is 12.9 Å². The van der Waals surface area contributed by atoms with Gasteiger partial charge in [-0.15, -0.1) is 0 Å². The zero-order valence-corrected chi connectivity index (χ0v) is 8.80. The number of rotatable bonds is 2. The lowest BCUT2D eigenvalue weighted by Crippen LogP contribution is -1.93. The molecule has 0 saturated heterocycles. The van der Waals surface area contributed by atoms with Crippen LogP contribution in [-0.4, -0.2) is 4.98 Å². The maximum absolute atomic E-state index is 13.5. The van der Waals surface area contributed by atoms with E-state index in [9.17, 15) is 8.78 Å². The molecule has 0 aliphatic carbocycles. The monoisotopic (exact) mass is 218 g/mol. The highest BCUT2D eigenvalue weighted by Gasteiger charge is 2.11. The molecular weight excluding hydrogens is 208 g/mol. The van der Waals surface area contributed by atoms with Gasteiger partial charge in [-0.25, -0.2) is 8.78 Å². The van der Waals surface area contributed by atoms with Gasteiger partial charge in [0, 0.05) is 18.0 Å². The third-order valence-electron chi connectivity index (χ3n) is 2.32. The summed E-state index contributed by atoms with van der Waals surface area (Å²) in [6, 6.07) is 8.27. The van der Waals surface area contributed by atoms with E-state index in [1.165, 1.54) is 24.4 Å². The molecule has 0 saturated carbocycles. The van der Waals surface area contributed by atoms with Crippen molar-refractivity contribution >= 4 is 0 Å². The normalized spacial score (nSPS) is 10.4. The van der Waals surface area contributed by atoms with Crippen molar-refractivity contribution in [2.45, 2.75) is 13.3 Å². The van der Waals surface area contributed by atoms with E-state index in [0.717, 1.165) is 0 Å². The number of aromatic nitrogens is 1. The predicted molar refractivity (Wildman–Crippen MR) is 57.8 cm³/mol. The molecule has 0 N–H and O–H groups in total.